The van der Waals surface area contributed by atoms with Crippen molar-refractivity contribution in [2.45, 2.75) is 25.2 Å². The molecule has 0 aliphatic carbocycles. The number of nitrogens with zero attached hydrogens (tertiary/aromatic N) is 1. The number of amides is 2. The van der Waals surface area contributed by atoms with E-state index < -0.39 is 6.36 Å². The van der Waals surface area contributed by atoms with Crippen LogP contribution < -0.4 is 10.1 Å². The summed E-state index contributed by atoms with van der Waals surface area (Å²) in [6.45, 7) is 0.915. The van der Waals surface area contributed by atoms with Crippen LogP contribution in [0.3, 0.4) is 0 Å². The number of benzene rings is 2. The van der Waals surface area contributed by atoms with E-state index in [9.17, 15) is 22.8 Å². The third-order valence-electron chi connectivity index (χ3n) is 4.49. The molecule has 28 heavy (non-hydrogen) atoms. The maximum Gasteiger partial charge on any atom is 0.573 e. The van der Waals surface area contributed by atoms with Crippen LogP contribution in [0.15, 0.2) is 54.6 Å². The minimum Gasteiger partial charge on any atom is -0.406 e. The van der Waals surface area contributed by atoms with Gasteiger partial charge in [0.05, 0.1) is 0 Å². The summed E-state index contributed by atoms with van der Waals surface area (Å²) in [5.41, 5.74) is 0.878. The van der Waals surface area contributed by atoms with Gasteiger partial charge in [0.15, 0.2) is 0 Å². The van der Waals surface area contributed by atoms with Crippen molar-refractivity contribution in [3.05, 3.63) is 65.7 Å². The highest BCUT2D eigenvalue weighted by atomic mass is 19.4. The predicted molar refractivity (Wildman–Crippen MR) is 96.0 cm³/mol. The lowest BCUT2D eigenvalue weighted by molar-refractivity contribution is -0.274. The summed E-state index contributed by atoms with van der Waals surface area (Å²) < 4.78 is 40.4. The summed E-state index contributed by atoms with van der Waals surface area (Å²) in [4.78, 5) is 26.3. The number of nitrogens with one attached hydrogen (secondary N) is 1. The zero-order valence-electron chi connectivity index (χ0n) is 14.9. The number of hydrogen-bond donors (Lipinski definition) is 1. The first-order valence-electron chi connectivity index (χ1n) is 8.83. The van der Waals surface area contributed by atoms with Gasteiger partial charge in [-0.05, 0) is 49.2 Å². The summed E-state index contributed by atoms with van der Waals surface area (Å²) in [6, 6.07) is 13.7. The lowest BCUT2D eigenvalue weighted by atomic mass is 10.0. The molecule has 0 spiro atoms. The second-order valence-electron chi connectivity index (χ2n) is 6.48. The van der Waals surface area contributed by atoms with Gasteiger partial charge in [0, 0.05) is 30.3 Å². The number of carbonyl (C=O) groups excluding carboxylic acids is 2. The molecular formula is C20H19F3N2O3. The Hall–Kier alpha value is -3.03. The molecule has 148 valence electrons. The number of likely N-dealkylation sites (tertiary alicyclic amines) is 1. The fourth-order valence-corrected chi connectivity index (χ4v) is 3.07. The van der Waals surface area contributed by atoms with Crippen molar-refractivity contribution in [2.24, 2.45) is 0 Å². The number of piperidine rings is 1. The Bertz CT molecular complexity index is 815. The zero-order valence-corrected chi connectivity index (χ0v) is 14.9. The summed E-state index contributed by atoms with van der Waals surface area (Å²) in [6.07, 6.45) is -3.54. The Morgan fingerprint density at radius 1 is 0.929 bits per heavy atom. The fraction of sp³-hybridized carbons (Fsp3) is 0.300. The van der Waals surface area contributed by atoms with Gasteiger partial charge >= 0.3 is 6.36 Å². The maximum atomic E-state index is 12.5. The van der Waals surface area contributed by atoms with Crippen LogP contribution in [0.2, 0.25) is 0 Å². The number of halogens is 3. The van der Waals surface area contributed by atoms with Gasteiger partial charge in [-0.2, -0.15) is 0 Å². The minimum absolute atomic E-state index is 0.0284. The van der Waals surface area contributed by atoms with E-state index in [0.717, 1.165) is 12.1 Å². The van der Waals surface area contributed by atoms with E-state index >= 15 is 0 Å². The molecule has 0 radical (unpaired) electrons. The number of carbonyl (C=O) groups is 2. The van der Waals surface area contributed by atoms with Crippen LogP contribution in [-0.2, 0) is 0 Å². The van der Waals surface area contributed by atoms with E-state index in [1.165, 1.54) is 12.1 Å². The van der Waals surface area contributed by atoms with Crippen LogP contribution in [0.4, 0.5) is 13.2 Å². The smallest absolute Gasteiger partial charge is 0.406 e. The van der Waals surface area contributed by atoms with Crippen molar-refractivity contribution in [1.29, 1.82) is 0 Å². The van der Waals surface area contributed by atoms with Gasteiger partial charge in [0.25, 0.3) is 11.8 Å². The molecule has 1 heterocycles. The van der Waals surface area contributed by atoms with E-state index in [1.807, 2.05) is 6.07 Å². The summed E-state index contributed by atoms with van der Waals surface area (Å²) in [7, 11) is 0. The number of rotatable bonds is 4. The van der Waals surface area contributed by atoms with Gasteiger partial charge in [-0.15, -0.1) is 13.2 Å². The van der Waals surface area contributed by atoms with Crippen LogP contribution in [0.5, 0.6) is 5.75 Å². The third-order valence-corrected chi connectivity index (χ3v) is 4.49. The van der Waals surface area contributed by atoms with Gasteiger partial charge in [-0.3, -0.25) is 9.59 Å². The SMILES string of the molecule is O=C(NC1CCN(C(=O)c2ccc(OC(F)(F)F)cc2)CC1)c1ccccc1. The highest BCUT2D eigenvalue weighted by molar-refractivity contribution is 5.95. The van der Waals surface area contributed by atoms with Crippen molar-refractivity contribution in [3.63, 3.8) is 0 Å². The molecule has 1 saturated heterocycles. The number of ether oxygens (including phenoxy) is 1. The van der Waals surface area contributed by atoms with Gasteiger partial charge in [0.2, 0.25) is 0 Å². The number of hydrogen-bond acceptors (Lipinski definition) is 3. The quantitative estimate of drug-likeness (QED) is 0.865. The number of alkyl halides is 3. The Balaban J connectivity index is 1.51. The first kappa shape index (κ1) is 19.7. The molecule has 1 N–H and O–H groups in total. The standard InChI is InChI=1S/C20H19F3N2O3/c21-20(22,23)28-17-8-6-15(7-9-17)19(27)25-12-10-16(11-13-25)24-18(26)14-4-2-1-3-5-14/h1-9,16H,10-13H2,(H,24,26). The zero-order chi connectivity index (χ0) is 20.1. The summed E-state index contributed by atoms with van der Waals surface area (Å²) in [5, 5.41) is 2.96. The third kappa shape index (κ3) is 5.25. The van der Waals surface area contributed by atoms with E-state index in [1.54, 1.807) is 29.2 Å². The maximum absolute atomic E-state index is 12.5. The highest BCUT2D eigenvalue weighted by Gasteiger charge is 2.31. The Kier molecular flexibility index (Phi) is 5.87. The first-order chi connectivity index (χ1) is 13.3. The molecule has 2 amide bonds. The Morgan fingerprint density at radius 2 is 1.54 bits per heavy atom. The lowest BCUT2D eigenvalue weighted by Crippen LogP contribution is -2.46. The predicted octanol–water partition coefficient (Wildman–Crippen LogP) is 3.62. The molecule has 1 aliphatic heterocycles. The average molecular weight is 392 g/mol. The molecule has 5 nitrogen and oxygen atoms in total. The van der Waals surface area contributed by atoms with Crippen molar-refractivity contribution in [3.8, 4) is 5.75 Å². The highest BCUT2D eigenvalue weighted by Crippen LogP contribution is 2.23. The molecule has 2 aromatic rings. The normalized spacial score (nSPS) is 15.2. The van der Waals surface area contributed by atoms with Gasteiger partial charge in [-0.1, -0.05) is 18.2 Å². The molecule has 1 fully saturated rings. The Morgan fingerprint density at radius 3 is 2.11 bits per heavy atom. The van der Waals surface area contributed by atoms with E-state index in [-0.39, 0.29) is 23.6 Å². The molecule has 0 unspecified atom stereocenters. The van der Waals surface area contributed by atoms with Crippen molar-refractivity contribution in [2.75, 3.05) is 13.1 Å². The molecule has 2 aromatic carbocycles. The molecule has 0 aromatic heterocycles. The molecule has 8 heteroatoms. The van der Waals surface area contributed by atoms with E-state index in [4.69, 9.17) is 0 Å². The van der Waals surface area contributed by atoms with E-state index in [2.05, 4.69) is 10.1 Å². The molecule has 0 saturated carbocycles. The van der Waals surface area contributed by atoms with Crippen molar-refractivity contribution < 1.29 is 27.5 Å². The lowest BCUT2D eigenvalue weighted by Gasteiger charge is -2.32. The molecule has 0 bridgehead atoms. The van der Waals surface area contributed by atoms with Crippen LogP contribution in [0, 0.1) is 0 Å². The monoisotopic (exact) mass is 392 g/mol. The second kappa shape index (κ2) is 8.33. The summed E-state index contributed by atoms with van der Waals surface area (Å²) >= 11 is 0. The molecule has 3 rings (SSSR count). The van der Waals surface area contributed by atoms with Gasteiger partial charge in [-0.25, -0.2) is 0 Å². The van der Waals surface area contributed by atoms with Gasteiger partial charge in [0.1, 0.15) is 5.75 Å². The minimum atomic E-state index is -4.77. The van der Waals surface area contributed by atoms with Crippen LogP contribution in [0.1, 0.15) is 33.6 Å². The van der Waals surface area contributed by atoms with Crippen LogP contribution in [0.25, 0.3) is 0 Å². The molecular weight excluding hydrogens is 373 g/mol. The first-order valence-corrected chi connectivity index (χ1v) is 8.83. The second-order valence-corrected chi connectivity index (χ2v) is 6.48. The van der Waals surface area contributed by atoms with Crippen molar-refractivity contribution >= 4 is 11.8 Å². The van der Waals surface area contributed by atoms with Crippen molar-refractivity contribution in [1.82, 2.24) is 10.2 Å². The van der Waals surface area contributed by atoms with E-state index in [0.29, 0.717) is 37.1 Å². The summed E-state index contributed by atoms with van der Waals surface area (Å²) in [5.74, 6) is -0.775. The topological polar surface area (TPSA) is 58.6 Å². The average Bonchev–Trinajstić information content (AvgIpc) is 2.68. The fourth-order valence-electron chi connectivity index (χ4n) is 3.07. The molecule has 0 atom stereocenters. The Labute approximate surface area is 160 Å². The largest absolute Gasteiger partial charge is 0.573 e. The van der Waals surface area contributed by atoms with Gasteiger partial charge < -0.3 is 15.0 Å². The van der Waals surface area contributed by atoms with Crippen LogP contribution in [-0.4, -0.2) is 42.2 Å². The molecule has 1 aliphatic rings. The van der Waals surface area contributed by atoms with Crippen LogP contribution >= 0.6 is 0 Å².